The number of nitrogens with zero attached hydrogens (tertiary/aromatic N) is 4. The second kappa shape index (κ2) is 7.87. The molecular weight excluding hydrogens is 488 g/mol. The van der Waals surface area contributed by atoms with E-state index in [1.165, 1.54) is 90.2 Å². The van der Waals surface area contributed by atoms with Crippen LogP contribution < -0.4 is 0 Å². The van der Waals surface area contributed by atoms with Gasteiger partial charge in [-0.1, -0.05) is 48.5 Å². The van der Waals surface area contributed by atoms with E-state index in [0.29, 0.717) is 0 Å². The highest BCUT2D eigenvalue weighted by molar-refractivity contribution is 6.16. The van der Waals surface area contributed by atoms with Crippen LogP contribution in [0.4, 0.5) is 0 Å². The maximum atomic E-state index is 2.77. The summed E-state index contributed by atoms with van der Waals surface area (Å²) in [6.45, 7) is 18.8. The number of allylic oxidation sites excluding steroid dienone is 12. The highest BCUT2D eigenvalue weighted by Gasteiger charge is 2.89. The molecule has 0 saturated carbocycles. The van der Waals surface area contributed by atoms with Crippen LogP contribution in [0.3, 0.4) is 0 Å². The highest BCUT2D eigenvalue weighted by atomic mass is 15.6. The molecule has 0 amide bonds. The maximum absolute atomic E-state index is 2.77. The van der Waals surface area contributed by atoms with Gasteiger partial charge in [0.1, 0.15) is 0 Å². The fraction of sp³-hybridized carbons (Fsp3) is 0.444. The molecule has 0 aliphatic carbocycles. The molecule has 1 atom stereocenters. The van der Waals surface area contributed by atoms with Crippen LogP contribution in [-0.4, -0.2) is 47.1 Å². The van der Waals surface area contributed by atoms with Crippen LogP contribution in [0.2, 0.25) is 0 Å². The van der Waals surface area contributed by atoms with Crippen molar-refractivity contribution in [3.05, 3.63) is 91.7 Å². The van der Waals surface area contributed by atoms with Gasteiger partial charge in [-0.3, -0.25) is 0 Å². The molecule has 4 heteroatoms. The van der Waals surface area contributed by atoms with Crippen molar-refractivity contribution in [3.8, 4) is 0 Å². The first-order valence-electron chi connectivity index (χ1n) is 15.9. The molecule has 0 aromatic carbocycles. The van der Waals surface area contributed by atoms with Crippen molar-refractivity contribution in [2.75, 3.05) is 0 Å². The van der Waals surface area contributed by atoms with Crippen molar-refractivity contribution in [1.82, 2.24) is 0 Å². The minimum absolute atomic E-state index is 0.512. The minimum Gasteiger partial charge on any atom is -0.0610 e. The molecule has 0 N–H and O–H groups in total. The summed E-state index contributed by atoms with van der Waals surface area (Å²) < 4.78 is 11.0. The predicted octanol–water partition coefficient (Wildman–Crippen LogP) is 7.13. The molecule has 202 valence electrons. The third-order valence-electron chi connectivity index (χ3n) is 10.8. The van der Waals surface area contributed by atoms with Gasteiger partial charge in [0, 0.05) is 62.9 Å². The summed E-state index contributed by atoms with van der Waals surface area (Å²) in [6, 6.07) is 0. The second-order valence-corrected chi connectivity index (χ2v) is 12.1. The Morgan fingerprint density at radius 2 is 0.675 bits per heavy atom. The summed E-state index contributed by atoms with van der Waals surface area (Å²) in [4.78, 5) is 0. The van der Waals surface area contributed by atoms with Crippen LogP contribution in [0, 0.1) is 0 Å². The van der Waals surface area contributed by atoms with Crippen molar-refractivity contribution >= 4 is 22.8 Å². The van der Waals surface area contributed by atoms with Gasteiger partial charge in [0.25, 0.3) is 0 Å². The summed E-state index contributed by atoms with van der Waals surface area (Å²) in [5, 5.41) is 0. The van der Waals surface area contributed by atoms with Crippen molar-refractivity contribution < 1.29 is 18.3 Å². The fourth-order valence-corrected chi connectivity index (χ4v) is 9.36. The molecule has 8 aliphatic rings. The fourth-order valence-electron chi connectivity index (χ4n) is 9.36. The number of hydrogen-bond acceptors (Lipinski definition) is 0. The molecule has 0 aromatic rings. The maximum Gasteiger partial charge on any atom is 0.771 e. The lowest BCUT2D eigenvalue weighted by Crippen LogP contribution is -2.72. The number of hydrogen-bond donors (Lipinski definition) is 0. The van der Waals surface area contributed by atoms with E-state index in [0.717, 1.165) is 44.9 Å². The zero-order chi connectivity index (χ0) is 27.8. The first kappa shape index (κ1) is 24.4. The first-order chi connectivity index (χ1) is 19.5. The van der Waals surface area contributed by atoms with Crippen LogP contribution in [0.5, 0.6) is 0 Å². The van der Waals surface area contributed by atoms with Gasteiger partial charge in [-0.15, -0.1) is 0 Å². The summed E-state index contributed by atoms with van der Waals surface area (Å²) >= 11 is 0. The molecule has 8 rings (SSSR count). The Morgan fingerprint density at radius 1 is 0.400 bits per heavy atom. The molecule has 0 bridgehead atoms. The molecular formula is C36H42N4+4. The Morgan fingerprint density at radius 3 is 1.00 bits per heavy atom. The summed E-state index contributed by atoms with van der Waals surface area (Å²) in [7, 11) is 0. The molecule has 0 radical (unpaired) electrons. The standard InChI is InChI=1S/C36H42N4/c1-9-21-20(8)28-16-30-22(10-2)23(11-3)32-18-34-26(14-6)27(15-7)35-19-33-25(13-5)24(12-4)31-17-29(21)37(28)36(38(30)32,39(31)33)40(34)35/h16-19H,9-15H2,1-8H3/q+4. The van der Waals surface area contributed by atoms with Crippen molar-refractivity contribution in [2.24, 2.45) is 0 Å². The smallest absolute Gasteiger partial charge is 0.0610 e. The van der Waals surface area contributed by atoms with E-state index in [1.54, 1.807) is 0 Å². The molecule has 1 spiro atoms. The Labute approximate surface area is 238 Å². The Kier molecular flexibility index (Phi) is 4.80. The van der Waals surface area contributed by atoms with E-state index in [9.17, 15) is 0 Å². The zero-order valence-corrected chi connectivity index (χ0v) is 25.5. The lowest BCUT2D eigenvalue weighted by atomic mass is 9.94. The largest absolute Gasteiger partial charge is 0.771 e. The van der Waals surface area contributed by atoms with Gasteiger partial charge in [0.15, 0.2) is 0 Å². The van der Waals surface area contributed by atoms with Crippen molar-refractivity contribution in [1.29, 1.82) is 0 Å². The quantitative estimate of drug-likeness (QED) is 0.310. The van der Waals surface area contributed by atoms with Gasteiger partial charge in [0.2, 0.25) is 45.6 Å². The average molecular weight is 531 g/mol. The molecule has 0 fully saturated rings. The Hall–Kier alpha value is -3.40. The molecule has 1 unspecified atom stereocenters. The van der Waals surface area contributed by atoms with E-state index >= 15 is 0 Å². The van der Waals surface area contributed by atoms with Crippen molar-refractivity contribution in [3.63, 3.8) is 0 Å². The van der Waals surface area contributed by atoms with Gasteiger partial charge in [-0.2, -0.15) is 0 Å². The third kappa shape index (κ3) is 2.29. The molecule has 8 aliphatic heterocycles. The van der Waals surface area contributed by atoms with Crippen molar-refractivity contribution in [2.45, 2.75) is 106 Å². The Bertz CT molecular complexity index is 1800. The average Bonchev–Trinajstić information content (AvgIpc) is 3.65. The highest BCUT2D eigenvalue weighted by Crippen LogP contribution is 2.54. The van der Waals surface area contributed by atoms with Crippen LogP contribution >= 0.6 is 0 Å². The first-order valence-corrected chi connectivity index (χ1v) is 15.9. The normalized spacial score (nSPS) is 27.1. The van der Waals surface area contributed by atoms with Gasteiger partial charge >= 0.3 is 5.91 Å². The lowest BCUT2D eigenvalue weighted by molar-refractivity contribution is -1.11. The van der Waals surface area contributed by atoms with Gasteiger partial charge < -0.3 is 0 Å². The monoisotopic (exact) mass is 530 g/mol. The van der Waals surface area contributed by atoms with Crippen LogP contribution in [-0.2, 0) is 0 Å². The lowest BCUT2D eigenvalue weighted by Gasteiger charge is -2.28. The molecule has 0 saturated heterocycles. The minimum atomic E-state index is -0.512. The molecule has 0 aromatic heterocycles. The van der Waals surface area contributed by atoms with Crippen LogP contribution in [0.15, 0.2) is 91.7 Å². The SMILES string of the molecule is CCC1=C(C)C2=CC3=[N+]4C(=CC5=[N+]6C(=CC7=[N+]8C(=CC1=[N+]2C486)C(CC)=C7CC)C(CC)=C5CC)C(CC)=C3CC. The molecule has 8 heterocycles. The summed E-state index contributed by atoms with van der Waals surface area (Å²) in [5.74, 6) is -0.512. The van der Waals surface area contributed by atoms with Gasteiger partial charge in [-0.05, 0) is 51.9 Å². The number of rotatable bonds is 7. The van der Waals surface area contributed by atoms with E-state index in [1.807, 2.05) is 0 Å². The second-order valence-electron chi connectivity index (χ2n) is 12.1. The topological polar surface area (TPSA) is 12.0 Å². The zero-order valence-electron chi connectivity index (χ0n) is 25.5. The van der Waals surface area contributed by atoms with Crippen LogP contribution in [0.1, 0.15) is 100 Å². The van der Waals surface area contributed by atoms with Gasteiger partial charge in [-0.25, -0.2) is 0 Å². The van der Waals surface area contributed by atoms with E-state index in [-0.39, 0.29) is 0 Å². The Balaban J connectivity index is 1.62. The predicted molar refractivity (Wildman–Crippen MR) is 162 cm³/mol. The van der Waals surface area contributed by atoms with Crippen LogP contribution in [0.25, 0.3) is 0 Å². The summed E-state index contributed by atoms with van der Waals surface area (Å²) in [6.07, 6.45) is 17.6. The van der Waals surface area contributed by atoms with E-state index < -0.39 is 5.91 Å². The third-order valence-corrected chi connectivity index (χ3v) is 10.8. The summed E-state index contributed by atoms with van der Waals surface area (Å²) in [5.41, 5.74) is 23.5. The van der Waals surface area contributed by atoms with E-state index in [2.05, 4.69) is 98.0 Å². The van der Waals surface area contributed by atoms with E-state index in [4.69, 9.17) is 0 Å². The molecule has 40 heavy (non-hydrogen) atoms. The van der Waals surface area contributed by atoms with Gasteiger partial charge in [0.05, 0.1) is 24.3 Å². The molecule has 4 nitrogen and oxygen atoms in total.